The lowest BCUT2D eigenvalue weighted by Crippen LogP contribution is -2.18. The van der Waals surface area contributed by atoms with Crippen LogP contribution < -0.4 is 5.32 Å². The molecule has 0 saturated heterocycles. The molecule has 0 spiro atoms. The summed E-state index contributed by atoms with van der Waals surface area (Å²) in [5.41, 5.74) is 1.12. The first-order valence-electron chi connectivity index (χ1n) is 5.39. The van der Waals surface area contributed by atoms with Gasteiger partial charge >= 0.3 is 0 Å². The molecule has 1 aromatic rings. The van der Waals surface area contributed by atoms with Gasteiger partial charge in [0.25, 0.3) is 0 Å². The molecule has 0 fully saturated rings. The summed E-state index contributed by atoms with van der Waals surface area (Å²) in [5, 5.41) is 4.28. The highest BCUT2D eigenvalue weighted by Crippen LogP contribution is 2.27. The molecule has 0 radical (unpaired) electrons. The van der Waals surface area contributed by atoms with Gasteiger partial charge in [-0.3, -0.25) is 0 Å². The van der Waals surface area contributed by atoms with Crippen LogP contribution >= 0.6 is 27.5 Å². The second-order valence-corrected chi connectivity index (χ2v) is 4.95. The van der Waals surface area contributed by atoms with Gasteiger partial charge < -0.3 is 5.32 Å². The minimum Gasteiger partial charge on any atom is -0.381 e. The molecule has 0 aliphatic heterocycles. The van der Waals surface area contributed by atoms with Crippen LogP contribution in [0.1, 0.15) is 33.1 Å². The second kappa shape index (κ2) is 6.39. The highest BCUT2D eigenvalue weighted by atomic mass is 79.9. The molecule has 0 bridgehead atoms. The first kappa shape index (κ1) is 12.9. The third-order valence-corrected chi connectivity index (χ3v) is 3.31. The van der Waals surface area contributed by atoms with Crippen LogP contribution in [0, 0.1) is 0 Å². The molecule has 1 nitrogen and oxygen atoms in total. The van der Waals surface area contributed by atoms with Crippen molar-refractivity contribution in [3.63, 3.8) is 0 Å². The molecule has 0 aliphatic rings. The summed E-state index contributed by atoms with van der Waals surface area (Å²) in [7, 11) is 0. The fourth-order valence-corrected chi connectivity index (χ4v) is 2.35. The molecule has 0 aromatic heterocycles. The van der Waals surface area contributed by atoms with Crippen molar-refractivity contribution < 1.29 is 0 Å². The molecular weight excluding hydrogens is 273 g/mol. The zero-order chi connectivity index (χ0) is 11.3. The lowest BCUT2D eigenvalue weighted by Gasteiger charge is -2.18. The summed E-state index contributed by atoms with van der Waals surface area (Å²) in [6.07, 6.45) is 3.55. The minimum absolute atomic E-state index is 0.549. The number of rotatable bonds is 5. The van der Waals surface area contributed by atoms with Crippen LogP contribution in [0.3, 0.4) is 0 Å². The van der Waals surface area contributed by atoms with E-state index in [-0.39, 0.29) is 0 Å². The van der Waals surface area contributed by atoms with Gasteiger partial charge in [-0.25, -0.2) is 0 Å². The number of benzene rings is 1. The largest absolute Gasteiger partial charge is 0.381 e. The number of hydrogen-bond donors (Lipinski definition) is 1. The van der Waals surface area contributed by atoms with Crippen LogP contribution in [-0.4, -0.2) is 6.04 Å². The Morgan fingerprint density at radius 3 is 2.67 bits per heavy atom. The summed E-state index contributed by atoms with van der Waals surface area (Å²) < 4.78 is 1.03. The molecule has 1 unspecified atom stereocenters. The maximum atomic E-state index is 5.89. The van der Waals surface area contributed by atoms with E-state index in [2.05, 4.69) is 35.1 Å². The number of nitrogens with one attached hydrogen (secondary N) is 1. The summed E-state index contributed by atoms with van der Waals surface area (Å²) >= 11 is 9.40. The Labute approximate surface area is 105 Å². The van der Waals surface area contributed by atoms with Gasteiger partial charge in [-0.05, 0) is 47.0 Å². The average Bonchev–Trinajstić information content (AvgIpc) is 2.21. The molecule has 0 amide bonds. The van der Waals surface area contributed by atoms with Crippen LogP contribution in [-0.2, 0) is 0 Å². The number of hydrogen-bond acceptors (Lipinski definition) is 1. The second-order valence-electron chi connectivity index (χ2n) is 3.66. The van der Waals surface area contributed by atoms with Gasteiger partial charge in [0.15, 0.2) is 0 Å². The van der Waals surface area contributed by atoms with Gasteiger partial charge in [0.1, 0.15) is 0 Å². The Balaban J connectivity index is 2.70. The van der Waals surface area contributed by atoms with E-state index in [0.717, 1.165) is 21.6 Å². The van der Waals surface area contributed by atoms with Gasteiger partial charge in [-0.2, -0.15) is 0 Å². The lowest BCUT2D eigenvalue weighted by molar-refractivity contribution is 0.622. The van der Waals surface area contributed by atoms with Crippen molar-refractivity contribution in [2.75, 3.05) is 5.32 Å². The van der Waals surface area contributed by atoms with E-state index in [1.807, 2.05) is 18.2 Å². The van der Waals surface area contributed by atoms with Crippen molar-refractivity contribution in [2.24, 2.45) is 0 Å². The standard InChI is InChI=1S/C12H17BrClN/c1-3-5-10(4-2)15-12-7-6-9(14)8-11(12)13/h6-8,10,15H,3-5H2,1-2H3. The molecule has 3 heteroatoms. The quantitative estimate of drug-likeness (QED) is 0.796. The van der Waals surface area contributed by atoms with Crippen molar-refractivity contribution in [1.82, 2.24) is 0 Å². The topological polar surface area (TPSA) is 12.0 Å². The van der Waals surface area contributed by atoms with Gasteiger partial charge in [-0.15, -0.1) is 0 Å². The molecule has 15 heavy (non-hydrogen) atoms. The Morgan fingerprint density at radius 2 is 2.13 bits per heavy atom. The Kier molecular flexibility index (Phi) is 5.48. The van der Waals surface area contributed by atoms with E-state index in [1.165, 1.54) is 12.8 Å². The van der Waals surface area contributed by atoms with Crippen LogP contribution in [0.4, 0.5) is 5.69 Å². The molecule has 1 N–H and O–H groups in total. The van der Waals surface area contributed by atoms with Crippen LogP contribution in [0.15, 0.2) is 22.7 Å². The first-order valence-corrected chi connectivity index (χ1v) is 6.56. The predicted octanol–water partition coefficient (Wildman–Crippen LogP) is 5.09. The molecule has 0 aliphatic carbocycles. The maximum absolute atomic E-state index is 5.89. The lowest BCUT2D eigenvalue weighted by atomic mass is 10.1. The number of halogens is 2. The third kappa shape index (κ3) is 4.04. The summed E-state index contributed by atoms with van der Waals surface area (Å²) in [5.74, 6) is 0. The molecule has 1 aromatic carbocycles. The molecule has 1 rings (SSSR count). The maximum Gasteiger partial charge on any atom is 0.0487 e. The fraction of sp³-hybridized carbons (Fsp3) is 0.500. The van der Waals surface area contributed by atoms with Crippen molar-refractivity contribution in [3.05, 3.63) is 27.7 Å². The van der Waals surface area contributed by atoms with Crippen LogP contribution in [0.5, 0.6) is 0 Å². The summed E-state index contributed by atoms with van der Waals surface area (Å²) in [6, 6.07) is 6.40. The van der Waals surface area contributed by atoms with Crippen LogP contribution in [0.25, 0.3) is 0 Å². The zero-order valence-electron chi connectivity index (χ0n) is 9.19. The summed E-state index contributed by atoms with van der Waals surface area (Å²) in [4.78, 5) is 0. The van der Waals surface area contributed by atoms with Gasteiger partial charge in [0, 0.05) is 21.2 Å². The van der Waals surface area contributed by atoms with E-state index in [9.17, 15) is 0 Å². The molecule has 1 atom stereocenters. The zero-order valence-corrected chi connectivity index (χ0v) is 11.5. The molecular formula is C12H17BrClN. The third-order valence-electron chi connectivity index (χ3n) is 2.42. The fourth-order valence-electron chi connectivity index (χ4n) is 1.55. The van der Waals surface area contributed by atoms with E-state index >= 15 is 0 Å². The predicted molar refractivity (Wildman–Crippen MR) is 71.8 cm³/mol. The van der Waals surface area contributed by atoms with Crippen molar-refractivity contribution in [2.45, 2.75) is 39.2 Å². The highest BCUT2D eigenvalue weighted by Gasteiger charge is 2.07. The van der Waals surface area contributed by atoms with E-state index < -0.39 is 0 Å². The van der Waals surface area contributed by atoms with Gasteiger partial charge in [0.05, 0.1) is 0 Å². The SMILES string of the molecule is CCCC(CC)Nc1ccc(Cl)cc1Br. The monoisotopic (exact) mass is 289 g/mol. The van der Waals surface area contributed by atoms with Crippen molar-refractivity contribution in [1.29, 1.82) is 0 Å². The van der Waals surface area contributed by atoms with Crippen molar-refractivity contribution >= 4 is 33.2 Å². The van der Waals surface area contributed by atoms with Gasteiger partial charge in [0.2, 0.25) is 0 Å². The Bertz CT molecular complexity index is 314. The smallest absolute Gasteiger partial charge is 0.0487 e. The van der Waals surface area contributed by atoms with E-state index in [4.69, 9.17) is 11.6 Å². The van der Waals surface area contributed by atoms with Gasteiger partial charge in [-0.1, -0.05) is 31.9 Å². The number of anilines is 1. The Morgan fingerprint density at radius 1 is 1.40 bits per heavy atom. The van der Waals surface area contributed by atoms with E-state index in [1.54, 1.807) is 0 Å². The molecule has 84 valence electrons. The Hall–Kier alpha value is -0.210. The minimum atomic E-state index is 0.549. The average molecular weight is 291 g/mol. The summed E-state index contributed by atoms with van der Waals surface area (Å²) in [6.45, 7) is 4.42. The van der Waals surface area contributed by atoms with Crippen molar-refractivity contribution in [3.8, 4) is 0 Å². The van der Waals surface area contributed by atoms with Crippen LogP contribution in [0.2, 0.25) is 5.02 Å². The van der Waals surface area contributed by atoms with E-state index in [0.29, 0.717) is 6.04 Å². The first-order chi connectivity index (χ1) is 7.17. The highest BCUT2D eigenvalue weighted by molar-refractivity contribution is 9.10. The molecule has 0 heterocycles. The normalized spacial score (nSPS) is 12.5. The molecule has 0 saturated carbocycles.